The Morgan fingerprint density at radius 1 is 0.906 bits per heavy atom. The topological polar surface area (TPSA) is 93.6 Å². The first-order valence-electron chi connectivity index (χ1n) is 11.4. The lowest BCUT2D eigenvalue weighted by molar-refractivity contribution is -0.134. The lowest BCUT2D eigenvalue weighted by Gasteiger charge is -2.41. The second-order valence-corrected chi connectivity index (χ2v) is 9.64. The van der Waals surface area contributed by atoms with Gasteiger partial charge in [0.05, 0.1) is 12.1 Å². The van der Waals surface area contributed by atoms with E-state index in [1.807, 2.05) is 36.9 Å². The average molecular weight is 448 g/mol. The molecule has 8 heteroatoms. The molecule has 2 N–H and O–H groups in total. The molecule has 8 nitrogen and oxygen atoms in total. The van der Waals surface area contributed by atoms with E-state index in [0.29, 0.717) is 57.9 Å². The Labute approximate surface area is 190 Å². The van der Waals surface area contributed by atoms with Crippen molar-refractivity contribution in [1.29, 1.82) is 0 Å². The zero-order chi connectivity index (χ0) is 23.5. The summed E-state index contributed by atoms with van der Waals surface area (Å²) in [4.78, 5) is 29.2. The number of nitrogens with zero attached hydrogens (tertiary/aromatic N) is 3. The number of piperidine rings is 1. The number of benzene rings is 1. The minimum Gasteiger partial charge on any atom is -0.490 e. The first kappa shape index (κ1) is 24.5. The van der Waals surface area contributed by atoms with Gasteiger partial charge in [-0.2, -0.15) is 0 Å². The van der Waals surface area contributed by atoms with E-state index in [1.54, 1.807) is 16.7 Å². The molecule has 1 aromatic carbocycles. The Morgan fingerprint density at radius 2 is 1.56 bits per heavy atom. The number of aliphatic hydroxyl groups is 2. The fourth-order valence-corrected chi connectivity index (χ4v) is 4.57. The Hall–Kier alpha value is -2.16. The van der Waals surface area contributed by atoms with Crippen molar-refractivity contribution < 1.29 is 24.5 Å². The van der Waals surface area contributed by atoms with Gasteiger partial charge in [0.1, 0.15) is 18.0 Å². The SMILES string of the molecule is CC(=O)N1CCC(O)(CN2CCN(C(C)=O)C[C@@](O)(COc3ccc(C)c(C)c3)C2)CC1. The van der Waals surface area contributed by atoms with E-state index in [-0.39, 0.29) is 25.0 Å². The van der Waals surface area contributed by atoms with Gasteiger partial charge in [-0.3, -0.25) is 14.5 Å². The Bertz CT molecular complexity index is 837. The monoisotopic (exact) mass is 447 g/mol. The van der Waals surface area contributed by atoms with Gasteiger partial charge in [-0.25, -0.2) is 0 Å². The van der Waals surface area contributed by atoms with Crippen molar-refractivity contribution in [2.24, 2.45) is 0 Å². The molecule has 0 spiro atoms. The molecule has 0 aromatic heterocycles. The van der Waals surface area contributed by atoms with Crippen LogP contribution in [0.5, 0.6) is 5.75 Å². The minimum absolute atomic E-state index is 0.0248. The molecule has 0 radical (unpaired) electrons. The van der Waals surface area contributed by atoms with Crippen LogP contribution in [0.1, 0.15) is 37.8 Å². The van der Waals surface area contributed by atoms with Gasteiger partial charge in [-0.05, 0) is 49.9 Å². The summed E-state index contributed by atoms with van der Waals surface area (Å²) < 4.78 is 5.95. The third-order valence-corrected chi connectivity index (χ3v) is 6.78. The molecule has 2 aliphatic heterocycles. The van der Waals surface area contributed by atoms with Crippen molar-refractivity contribution >= 4 is 11.8 Å². The highest BCUT2D eigenvalue weighted by atomic mass is 16.5. The number of carbonyl (C=O) groups is 2. The molecule has 0 aliphatic carbocycles. The maximum Gasteiger partial charge on any atom is 0.219 e. The number of hydrogen-bond donors (Lipinski definition) is 2. The highest BCUT2D eigenvalue weighted by molar-refractivity contribution is 5.73. The molecule has 178 valence electrons. The van der Waals surface area contributed by atoms with Gasteiger partial charge in [0.25, 0.3) is 0 Å². The fourth-order valence-electron chi connectivity index (χ4n) is 4.57. The summed E-state index contributed by atoms with van der Waals surface area (Å²) in [5.74, 6) is 0.614. The van der Waals surface area contributed by atoms with Crippen LogP contribution in [0, 0.1) is 13.8 Å². The van der Waals surface area contributed by atoms with Crippen molar-refractivity contribution in [3.63, 3.8) is 0 Å². The number of likely N-dealkylation sites (tertiary alicyclic amines) is 1. The van der Waals surface area contributed by atoms with Crippen molar-refractivity contribution in [3.05, 3.63) is 29.3 Å². The molecule has 0 saturated carbocycles. The first-order chi connectivity index (χ1) is 15.0. The molecule has 3 rings (SSSR count). The highest BCUT2D eigenvalue weighted by Crippen LogP contribution is 2.26. The van der Waals surface area contributed by atoms with Crippen molar-refractivity contribution in [2.45, 2.75) is 51.7 Å². The zero-order valence-corrected chi connectivity index (χ0v) is 19.8. The summed E-state index contributed by atoms with van der Waals surface area (Å²) in [6.45, 7) is 10.1. The van der Waals surface area contributed by atoms with E-state index >= 15 is 0 Å². The largest absolute Gasteiger partial charge is 0.490 e. The van der Waals surface area contributed by atoms with Gasteiger partial charge in [0.2, 0.25) is 11.8 Å². The zero-order valence-electron chi connectivity index (χ0n) is 19.8. The second kappa shape index (κ2) is 9.77. The Morgan fingerprint density at radius 3 is 2.16 bits per heavy atom. The van der Waals surface area contributed by atoms with Crippen LogP contribution in [0.15, 0.2) is 18.2 Å². The molecular weight excluding hydrogens is 410 g/mol. The number of amides is 2. The third kappa shape index (κ3) is 6.21. The van der Waals surface area contributed by atoms with Crippen molar-refractivity contribution in [3.8, 4) is 5.75 Å². The maximum absolute atomic E-state index is 12.1. The molecule has 2 saturated heterocycles. The van der Waals surface area contributed by atoms with Crippen LogP contribution in [0.25, 0.3) is 0 Å². The predicted molar refractivity (Wildman–Crippen MR) is 121 cm³/mol. The normalized spacial score (nSPS) is 24.2. The Balaban J connectivity index is 1.69. The van der Waals surface area contributed by atoms with Crippen LogP contribution in [-0.2, 0) is 9.59 Å². The first-order valence-corrected chi connectivity index (χ1v) is 11.4. The van der Waals surface area contributed by atoms with Crippen LogP contribution in [0.3, 0.4) is 0 Å². The number of carbonyl (C=O) groups excluding carboxylic acids is 2. The number of β-amino-alcohol motifs (C(OH)–C–C–N with tert-alkyl or cyclic N) is 2. The molecule has 2 heterocycles. The van der Waals surface area contributed by atoms with E-state index in [1.165, 1.54) is 12.5 Å². The van der Waals surface area contributed by atoms with E-state index in [4.69, 9.17) is 4.74 Å². The smallest absolute Gasteiger partial charge is 0.219 e. The minimum atomic E-state index is -1.27. The summed E-state index contributed by atoms with van der Waals surface area (Å²) in [5, 5.41) is 22.6. The molecule has 32 heavy (non-hydrogen) atoms. The van der Waals surface area contributed by atoms with E-state index in [2.05, 4.69) is 0 Å². The molecule has 2 amide bonds. The van der Waals surface area contributed by atoms with E-state index < -0.39 is 11.2 Å². The summed E-state index contributed by atoms with van der Waals surface area (Å²) in [7, 11) is 0. The predicted octanol–water partition coefficient (Wildman–Crippen LogP) is 0.951. The van der Waals surface area contributed by atoms with Gasteiger partial charge < -0.3 is 24.7 Å². The lowest BCUT2D eigenvalue weighted by atomic mass is 9.90. The quantitative estimate of drug-likeness (QED) is 0.698. The molecule has 1 atom stereocenters. The molecule has 0 bridgehead atoms. The van der Waals surface area contributed by atoms with E-state index in [0.717, 1.165) is 5.56 Å². The van der Waals surface area contributed by atoms with Crippen molar-refractivity contribution in [1.82, 2.24) is 14.7 Å². The second-order valence-electron chi connectivity index (χ2n) is 9.64. The van der Waals surface area contributed by atoms with Gasteiger partial charge in [0, 0.05) is 53.1 Å². The third-order valence-electron chi connectivity index (χ3n) is 6.78. The highest BCUT2D eigenvalue weighted by Gasteiger charge is 2.41. The van der Waals surface area contributed by atoms with Gasteiger partial charge in [-0.1, -0.05) is 6.07 Å². The molecule has 2 fully saturated rings. The lowest BCUT2D eigenvalue weighted by Crippen LogP contribution is -2.56. The molecule has 1 aromatic rings. The number of hydrogen-bond acceptors (Lipinski definition) is 6. The van der Waals surface area contributed by atoms with E-state index in [9.17, 15) is 19.8 Å². The van der Waals surface area contributed by atoms with Crippen LogP contribution < -0.4 is 4.74 Å². The van der Waals surface area contributed by atoms with Gasteiger partial charge >= 0.3 is 0 Å². The number of ether oxygens (including phenoxy) is 1. The average Bonchev–Trinajstić information content (AvgIpc) is 2.88. The van der Waals surface area contributed by atoms with Crippen LogP contribution in [0.2, 0.25) is 0 Å². The van der Waals surface area contributed by atoms with Crippen LogP contribution in [0.4, 0.5) is 0 Å². The molecule has 2 aliphatic rings. The summed E-state index contributed by atoms with van der Waals surface area (Å²) >= 11 is 0. The van der Waals surface area contributed by atoms with Gasteiger partial charge in [0.15, 0.2) is 0 Å². The molecular formula is C24H37N3O5. The fraction of sp³-hybridized carbons (Fsp3) is 0.667. The molecule has 0 unspecified atom stereocenters. The van der Waals surface area contributed by atoms with Crippen molar-refractivity contribution in [2.75, 3.05) is 52.4 Å². The van der Waals surface area contributed by atoms with Gasteiger partial charge in [-0.15, -0.1) is 0 Å². The van der Waals surface area contributed by atoms with Crippen LogP contribution >= 0.6 is 0 Å². The standard InChI is InChI=1S/C24H37N3O5/c1-18-5-6-22(13-19(18)2)32-17-24(31)15-25(11-12-27(16-24)21(4)29)14-23(30)7-9-26(10-8-23)20(3)28/h5-6,13,30-31H,7-12,14-17H2,1-4H3/t24-/m1/s1. The number of rotatable bonds is 5. The summed E-state index contributed by atoms with van der Waals surface area (Å²) in [6, 6.07) is 5.81. The van der Waals surface area contributed by atoms with Crippen LogP contribution in [-0.4, -0.2) is 100 Å². The summed E-state index contributed by atoms with van der Waals surface area (Å²) in [5.41, 5.74) is 0.0925. The summed E-state index contributed by atoms with van der Waals surface area (Å²) in [6.07, 6.45) is 0.994. The Kier molecular flexibility index (Phi) is 7.47. The number of aryl methyl sites for hydroxylation is 2. The maximum atomic E-state index is 12.1.